The number of hydrogen-bond donors (Lipinski definition) is 1. The molecule has 5 aromatic rings. The zero-order valence-corrected chi connectivity index (χ0v) is 44.4. The highest BCUT2D eigenvalue weighted by Gasteiger charge is 2.28. The van der Waals surface area contributed by atoms with Gasteiger partial charge in [0.1, 0.15) is 11.6 Å². The summed E-state index contributed by atoms with van der Waals surface area (Å²) in [6.45, 7) is 6.98. The predicted octanol–water partition coefficient (Wildman–Crippen LogP) is 4.65. The molecule has 7 rings (SSSR count). The minimum Gasteiger partial charge on any atom is -0.415 e. The van der Waals surface area contributed by atoms with Crippen molar-refractivity contribution in [3.8, 4) is 11.5 Å². The first kappa shape index (κ1) is 57.9. The van der Waals surface area contributed by atoms with Gasteiger partial charge in [-0.2, -0.15) is 17.4 Å². The fourth-order valence-electron chi connectivity index (χ4n) is 8.11. The molecule has 3 heterocycles. The van der Waals surface area contributed by atoms with Crippen molar-refractivity contribution in [1.82, 2.24) is 28.6 Å². The van der Waals surface area contributed by atoms with Gasteiger partial charge in [0.25, 0.3) is 5.89 Å². The van der Waals surface area contributed by atoms with Gasteiger partial charge in [-0.25, -0.2) is 42.5 Å². The lowest BCUT2D eigenvalue weighted by Gasteiger charge is -2.33. The third-order valence-electron chi connectivity index (χ3n) is 12.3. The molecule has 0 radical (unpaired) electrons. The van der Waals surface area contributed by atoms with Gasteiger partial charge in [0.15, 0.2) is 5.78 Å². The minimum absolute atomic E-state index is 0.0617. The van der Waals surface area contributed by atoms with Crippen LogP contribution in [0.2, 0.25) is 0 Å². The van der Waals surface area contributed by atoms with E-state index in [9.17, 15) is 51.6 Å². The zero-order valence-electron chi connectivity index (χ0n) is 41.1. The Labute approximate surface area is 429 Å². The number of rotatable bonds is 20. The number of anilines is 2. The fraction of sp³-hybridized carbons (Fsp3) is 0.426. The Morgan fingerprint density at radius 2 is 1.08 bits per heavy atom. The molecule has 2 aliphatic heterocycles. The van der Waals surface area contributed by atoms with Gasteiger partial charge >= 0.3 is 6.43 Å². The summed E-state index contributed by atoms with van der Waals surface area (Å²) in [4.78, 5) is 15.9. The van der Waals surface area contributed by atoms with Crippen molar-refractivity contribution >= 4 is 57.3 Å². The van der Waals surface area contributed by atoms with E-state index >= 15 is 4.39 Å². The van der Waals surface area contributed by atoms with Crippen LogP contribution in [0, 0.1) is 11.6 Å². The number of benzene rings is 4. The molecule has 2 fully saturated rings. The summed E-state index contributed by atoms with van der Waals surface area (Å²) >= 11 is 0. The highest BCUT2D eigenvalue weighted by atomic mass is 32.2. The number of carbonyl (C=O) groups is 1. The summed E-state index contributed by atoms with van der Waals surface area (Å²) in [6, 6.07) is 21.6. The van der Waals surface area contributed by atoms with Gasteiger partial charge < -0.3 is 10.2 Å². The number of piperazine rings is 2. The van der Waals surface area contributed by atoms with Crippen LogP contribution in [0.5, 0.6) is 0 Å². The maximum absolute atomic E-state index is 15.1. The molecular formula is C47H59F4N9O10S4. The van der Waals surface area contributed by atoms with E-state index in [-0.39, 0.29) is 59.3 Å². The minimum atomic E-state index is -3.81. The third-order valence-corrected chi connectivity index (χ3v) is 18.4. The summed E-state index contributed by atoms with van der Waals surface area (Å²) in [6.07, 6.45) is -0.586. The summed E-state index contributed by atoms with van der Waals surface area (Å²) in [5, 5.41) is 6.74. The maximum atomic E-state index is 15.1. The Hall–Kier alpha value is -5.39. The quantitative estimate of drug-likeness (QED) is 0.0825. The molecule has 74 heavy (non-hydrogen) atoms. The highest BCUT2D eigenvalue weighted by molar-refractivity contribution is 7.93. The Morgan fingerprint density at radius 3 is 1.46 bits per heavy atom. The van der Waals surface area contributed by atoms with E-state index < -0.39 is 69.8 Å². The largest absolute Gasteiger partial charge is 0.415 e. The SMILES string of the molecule is CCS(=O)(=O)N(Cc1ccc(-c2nnc(C(F)F)o2)cc1F)c1cccc(CN2CCN(S(C)(=O)=O)CC2)c1.CCS(=O)(=O)N(Cc1ccc(C(=O)CN)cc1F)c1cccc(CN2CCN(S(C)(=O)=O)CC2)c1. The lowest BCUT2D eigenvalue weighted by atomic mass is 10.1. The van der Waals surface area contributed by atoms with Gasteiger partial charge in [0.05, 0.1) is 55.0 Å². The highest BCUT2D eigenvalue weighted by Crippen LogP contribution is 2.29. The molecule has 0 bridgehead atoms. The van der Waals surface area contributed by atoms with E-state index in [1.807, 2.05) is 12.1 Å². The second kappa shape index (κ2) is 24.5. The summed E-state index contributed by atoms with van der Waals surface area (Å²) in [5.74, 6) is -3.40. The Kier molecular flexibility index (Phi) is 19.2. The van der Waals surface area contributed by atoms with Crippen LogP contribution in [0.3, 0.4) is 0 Å². The molecule has 0 saturated carbocycles. The lowest BCUT2D eigenvalue weighted by Crippen LogP contribution is -2.47. The molecule has 404 valence electrons. The fourth-order valence-corrected chi connectivity index (χ4v) is 11.9. The number of alkyl halides is 2. The number of sulfonamides is 4. The van der Waals surface area contributed by atoms with Crippen LogP contribution in [0.4, 0.5) is 28.9 Å². The first-order chi connectivity index (χ1) is 34.8. The summed E-state index contributed by atoms with van der Waals surface area (Å²) in [5.41, 5.74) is 8.19. The van der Waals surface area contributed by atoms with Gasteiger partial charge in [0, 0.05) is 87.7 Å². The Bertz CT molecular complexity index is 3230. The number of halogens is 4. The number of carbonyl (C=O) groups excluding carboxylic acids is 1. The van der Waals surface area contributed by atoms with Crippen LogP contribution in [-0.2, 0) is 66.3 Å². The first-order valence-corrected chi connectivity index (χ1v) is 30.2. The smallest absolute Gasteiger partial charge is 0.314 e. The van der Waals surface area contributed by atoms with Gasteiger partial charge in [-0.1, -0.05) is 42.5 Å². The van der Waals surface area contributed by atoms with Crippen molar-refractivity contribution in [2.45, 2.75) is 46.5 Å². The monoisotopic (exact) mass is 1110 g/mol. The molecule has 0 aliphatic carbocycles. The maximum Gasteiger partial charge on any atom is 0.314 e. The number of aromatic nitrogens is 2. The van der Waals surface area contributed by atoms with Crippen LogP contribution in [-0.4, -0.2) is 151 Å². The Balaban J connectivity index is 0.000000242. The van der Waals surface area contributed by atoms with E-state index in [1.165, 1.54) is 63.5 Å². The first-order valence-electron chi connectivity index (χ1n) is 23.3. The molecule has 27 heteroatoms. The molecule has 0 atom stereocenters. The van der Waals surface area contributed by atoms with E-state index in [4.69, 9.17) is 10.2 Å². The number of Topliss-reactive ketones (excluding diaryl/α,β-unsaturated/α-hetero) is 1. The molecule has 0 unspecified atom stereocenters. The normalized spacial score (nSPS) is 15.7. The van der Waals surface area contributed by atoms with Crippen LogP contribution >= 0.6 is 0 Å². The van der Waals surface area contributed by atoms with E-state index in [0.717, 1.165) is 27.6 Å². The van der Waals surface area contributed by atoms with Crippen LogP contribution in [0.25, 0.3) is 11.5 Å². The van der Waals surface area contributed by atoms with E-state index in [1.54, 1.807) is 36.4 Å². The van der Waals surface area contributed by atoms with Crippen LogP contribution in [0.1, 0.15) is 58.8 Å². The van der Waals surface area contributed by atoms with Crippen LogP contribution in [0.15, 0.2) is 89.3 Å². The number of ketones is 1. The molecular weight excluding hydrogens is 1050 g/mol. The Morgan fingerprint density at radius 1 is 0.635 bits per heavy atom. The summed E-state index contributed by atoms with van der Waals surface area (Å²) in [7, 11) is -14.0. The van der Waals surface area contributed by atoms with E-state index in [2.05, 4.69) is 20.0 Å². The van der Waals surface area contributed by atoms with Crippen molar-refractivity contribution in [2.75, 3.05) is 91.5 Å². The van der Waals surface area contributed by atoms with Crippen LogP contribution < -0.4 is 14.3 Å². The molecule has 2 N–H and O–H groups in total. The van der Waals surface area contributed by atoms with Gasteiger partial charge in [0.2, 0.25) is 46.0 Å². The lowest BCUT2D eigenvalue weighted by molar-refractivity contribution is 0.100. The van der Waals surface area contributed by atoms with Crippen molar-refractivity contribution in [1.29, 1.82) is 0 Å². The summed E-state index contributed by atoms with van der Waals surface area (Å²) < 4.78 is 164. The second-order valence-corrected chi connectivity index (χ2v) is 25.8. The number of nitrogens with two attached hydrogens (primary N) is 1. The van der Waals surface area contributed by atoms with Gasteiger partial charge in [-0.05, 0) is 67.4 Å². The van der Waals surface area contributed by atoms with E-state index in [0.29, 0.717) is 76.8 Å². The molecule has 19 nitrogen and oxygen atoms in total. The third kappa shape index (κ3) is 15.1. The molecule has 0 amide bonds. The van der Waals surface area contributed by atoms with Crippen molar-refractivity contribution in [3.63, 3.8) is 0 Å². The van der Waals surface area contributed by atoms with Gasteiger partial charge in [-0.3, -0.25) is 23.2 Å². The average Bonchev–Trinajstić information content (AvgIpc) is 3.87. The molecule has 2 aliphatic rings. The van der Waals surface area contributed by atoms with Crippen molar-refractivity contribution in [3.05, 3.63) is 130 Å². The zero-order chi connectivity index (χ0) is 54.2. The van der Waals surface area contributed by atoms with Crippen molar-refractivity contribution < 1.29 is 60.4 Å². The topological polar surface area (TPSA) is 238 Å². The number of hydrogen-bond acceptors (Lipinski definition) is 15. The molecule has 1 aromatic heterocycles. The molecule has 0 spiro atoms. The second-order valence-electron chi connectivity index (χ2n) is 17.5. The molecule has 4 aromatic carbocycles. The standard InChI is InChI=1S/C24H28F3N5O5S2.C23H31FN4O5S2/c1-3-39(35,36)32(16-19-8-7-18(14-21(19)25)23-28-29-24(37-23)22(26)27)20-6-4-5-17(13-20)15-30-9-11-31(12-10-30)38(2,33)34;1-3-35(32,33)28(17-20-8-7-19(14-22(20)24)23(29)15-25)21-6-4-5-18(13-21)16-26-9-11-27(12-10-26)34(2,30)31/h4-8,13-14,22H,3,9-12,15-16H2,1-2H3;4-8,13-14H,3,9-12,15-17,25H2,1-2H3. The predicted molar refractivity (Wildman–Crippen MR) is 272 cm³/mol. The van der Waals surface area contributed by atoms with Crippen molar-refractivity contribution in [2.24, 2.45) is 5.73 Å². The average molecular weight is 1110 g/mol. The number of nitrogens with zero attached hydrogens (tertiary/aromatic N) is 8. The molecule has 2 saturated heterocycles. The van der Waals surface area contributed by atoms with Gasteiger partial charge in [-0.15, -0.1) is 10.2 Å².